The van der Waals surface area contributed by atoms with Crippen LogP contribution in [0.25, 0.3) is 0 Å². The molecule has 0 spiro atoms. The lowest BCUT2D eigenvalue weighted by Gasteiger charge is -2.15. The molecule has 20 heavy (non-hydrogen) atoms. The first-order valence-corrected chi connectivity index (χ1v) is 7.20. The number of benzene rings is 1. The smallest absolute Gasteiger partial charge is 0.479 e. The topological polar surface area (TPSA) is 52.1 Å². The molecule has 0 amide bonds. The minimum absolute atomic E-state index is 0.170. The highest BCUT2D eigenvalue weighted by atomic mass is 32.1. The molecule has 0 saturated heterocycles. The number of nitrogens with zero attached hydrogens (tertiary/aromatic N) is 2. The van der Waals surface area contributed by atoms with Gasteiger partial charge in [0.1, 0.15) is 0 Å². The van der Waals surface area contributed by atoms with Gasteiger partial charge in [0.05, 0.1) is 5.56 Å². The maximum absolute atomic E-state index is 12.6. The van der Waals surface area contributed by atoms with Crippen molar-refractivity contribution in [2.45, 2.75) is 19.4 Å². The molecule has 0 fully saturated rings. The molecule has 2 heterocycles. The summed E-state index contributed by atoms with van der Waals surface area (Å²) in [4.78, 5) is 0.689. The summed E-state index contributed by atoms with van der Waals surface area (Å²) in [5.74, 6) is 0.170. The Morgan fingerprint density at radius 2 is 1.70 bits per heavy atom. The SMILES string of the molecule is CC1(C)C(c2ccccc2)=[N+]([O-])C(c2cccs2)=[N+]1[O-]. The fourth-order valence-electron chi connectivity index (χ4n) is 2.47. The van der Waals surface area contributed by atoms with Crippen molar-refractivity contribution in [1.82, 2.24) is 0 Å². The number of hydroxylamine groups is 2. The highest BCUT2D eigenvalue weighted by Gasteiger charge is 2.52. The van der Waals surface area contributed by atoms with Crippen molar-refractivity contribution in [2.75, 3.05) is 0 Å². The largest absolute Gasteiger partial charge is 0.618 e. The zero-order valence-corrected chi connectivity index (χ0v) is 12.1. The summed E-state index contributed by atoms with van der Waals surface area (Å²) >= 11 is 1.39. The maximum atomic E-state index is 12.6. The lowest BCUT2D eigenvalue weighted by Crippen LogP contribution is -2.39. The van der Waals surface area contributed by atoms with E-state index in [1.54, 1.807) is 19.9 Å². The predicted molar refractivity (Wildman–Crippen MR) is 80.3 cm³/mol. The average molecular weight is 286 g/mol. The van der Waals surface area contributed by atoms with Crippen LogP contribution in [-0.2, 0) is 0 Å². The summed E-state index contributed by atoms with van der Waals surface area (Å²) in [6.07, 6.45) is 0. The highest BCUT2D eigenvalue weighted by molar-refractivity contribution is 7.11. The van der Waals surface area contributed by atoms with Gasteiger partial charge in [0.2, 0.25) is 0 Å². The van der Waals surface area contributed by atoms with Gasteiger partial charge in [-0.3, -0.25) is 0 Å². The van der Waals surface area contributed by atoms with Gasteiger partial charge in [-0.15, -0.1) is 20.8 Å². The summed E-state index contributed by atoms with van der Waals surface area (Å²) in [6.45, 7) is 3.54. The van der Waals surface area contributed by atoms with E-state index in [0.29, 0.717) is 10.6 Å². The van der Waals surface area contributed by atoms with Crippen molar-refractivity contribution in [3.05, 3.63) is 68.7 Å². The Hall–Kier alpha value is -2.14. The zero-order chi connectivity index (χ0) is 14.3. The van der Waals surface area contributed by atoms with Crippen molar-refractivity contribution in [3.63, 3.8) is 0 Å². The zero-order valence-electron chi connectivity index (χ0n) is 11.2. The van der Waals surface area contributed by atoms with Crippen LogP contribution in [0.1, 0.15) is 24.3 Å². The molecule has 0 bridgehead atoms. The molecule has 1 aromatic heterocycles. The summed E-state index contributed by atoms with van der Waals surface area (Å²) in [7, 11) is 0. The standard InChI is InChI=1S/C15H14N2O2S/c1-15(2)13(11-7-4-3-5-8-11)16(18)14(17(15)19)12-9-6-10-20-12/h3-10H,1-2H3. The molecule has 0 N–H and O–H groups in total. The second-order valence-corrected chi connectivity index (χ2v) is 6.11. The van der Waals surface area contributed by atoms with E-state index in [2.05, 4.69) is 0 Å². The molecule has 1 aliphatic heterocycles. The van der Waals surface area contributed by atoms with E-state index in [4.69, 9.17) is 0 Å². The fourth-order valence-corrected chi connectivity index (χ4v) is 3.20. The van der Waals surface area contributed by atoms with Crippen LogP contribution >= 0.6 is 11.3 Å². The number of hydrogen-bond donors (Lipinski definition) is 0. The van der Waals surface area contributed by atoms with Gasteiger partial charge in [0, 0.05) is 13.8 Å². The molecule has 3 rings (SSSR count). The molecule has 0 radical (unpaired) electrons. The Labute approximate surface area is 121 Å². The van der Waals surface area contributed by atoms with Crippen molar-refractivity contribution in [2.24, 2.45) is 0 Å². The Bertz CT molecular complexity index is 701. The molecule has 5 heteroatoms. The Morgan fingerprint density at radius 1 is 1.00 bits per heavy atom. The average Bonchev–Trinajstić information content (AvgIpc) is 2.98. The lowest BCUT2D eigenvalue weighted by atomic mass is 9.93. The summed E-state index contributed by atoms with van der Waals surface area (Å²) < 4.78 is 1.59. The molecule has 0 saturated carbocycles. The maximum Gasteiger partial charge on any atom is 0.479 e. The lowest BCUT2D eigenvalue weighted by molar-refractivity contribution is -0.530. The third-order valence-corrected chi connectivity index (χ3v) is 4.33. The first-order valence-electron chi connectivity index (χ1n) is 6.32. The molecule has 102 valence electrons. The van der Waals surface area contributed by atoms with Crippen molar-refractivity contribution in [1.29, 1.82) is 0 Å². The van der Waals surface area contributed by atoms with Crippen LogP contribution in [0.3, 0.4) is 0 Å². The normalized spacial score (nSPS) is 17.9. The van der Waals surface area contributed by atoms with E-state index in [-0.39, 0.29) is 5.84 Å². The monoisotopic (exact) mass is 286 g/mol. The van der Waals surface area contributed by atoms with Crippen LogP contribution in [0.4, 0.5) is 0 Å². The Balaban J connectivity index is 2.22. The van der Waals surface area contributed by atoms with Crippen LogP contribution in [-0.4, -0.2) is 26.6 Å². The molecule has 4 nitrogen and oxygen atoms in total. The molecule has 0 aliphatic carbocycles. The Morgan fingerprint density at radius 3 is 2.30 bits per heavy atom. The van der Waals surface area contributed by atoms with Gasteiger partial charge in [-0.2, -0.15) is 0 Å². The number of hydrogen-bond acceptors (Lipinski definition) is 3. The van der Waals surface area contributed by atoms with E-state index in [9.17, 15) is 10.4 Å². The van der Waals surface area contributed by atoms with Crippen molar-refractivity contribution >= 4 is 22.9 Å². The van der Waals surface area contributed by atoms with Crippen molar-refractivity contribution in [3.8, 4) is 0 Å². The van der Waals surface area contributed by atoms with Crippen LogP contribution < -0.4 is 0 Å². The fraction of sp³-hybridized carbons (Fsp3) is 0.200. The molecule has 2 aromatic rings. The third kappa shape index (κ3) is 1.74. The van der Waals surface area contributed by atoms with E-state index < -0.39 is 5.54 Å². The van der Waals surface area contributed by atoms with Gasteiger partial charge >= 0.3 is 5.84 Å². The van der Waals surface area contributed by atoms with Gasteiger partial charge in [-0.1, -0.05) is 24.3 Å². The predicted octanol–water partition coefficient (Wildman–Crippen LogP) is 2.80. The quantitative estimate of drug-likeness (QED) is 0.629. The molecule has 0 atom stereocenters. The molecular formula is C15H14N2O2S. The van der Waals surface area contributed by atoms with Crippen LogP contribution in [0.2, 0.25) is 0 Å². The first-order chi connectivity index (χ1) is 9.53. The van der Waals surface area contributed by atoms with Crippen LogP contribution in [0.5, 0.6) is 0 Å². The van der Waals surface area contributed by atoms with Gasteiger partial charge < -0.3 is 10.4 Å². The molecule has 1 aromatic carbocycles. The summed E-state index contributed by atoms with van der Waals surface area (Å²) in [6, 6.07) is 13.0. The minimum Gasteiger partial charge on any atom is -0.618 e. The minimum atomic E-state index is -0.886. The number of thiophene rings is 1. The number of rotatable bonds is 2. The third-order valence-electron chi connectivity index (χ3n) is 3.46. The first kappa shape index (κ1) is 12.9. The van der Waals surface area contributed by atoms with Crippen molar-refractivity contribution < 1.29 is 9.48 Å². The molecule has 1 aliphatic rings. The van der Waals surface area contributed by atoms with Gasteiger partial charge in [-0.05, 0) is 23.6 Å². The second-order valence-electron chi connectivity index (χ2n) is 5.16. The van der Waals surface area contributed by atoms with Crippen LogP contribution in [0.15, 0.2) is 47.8 Å². The van der Waals surface area contributed by atoms with Gasteiger partial charge in [0.15, 0.2) is 4.88 Å². The molecule has 0 unspecified atom stereocenters. The van der Waals surface area contributed by atoms with Crippen LogP contribution in [0, 0.1) is 10.4 Å². The number of amidine groups is 1. The highest BCUT2D eigenvalue weighted by Crippen LogP contribution is 2.26. The Kier molecular flexibility index (Phi) is 2.87. The molecular weight excluding hydrogens is 272 g/mol. The summed E-state index contributed by atoms with van der Waals surface area (Å²) in [5.41, 5.74) is 0.374. The van der Waals surface area contributed by atoms with E-state index in [1.165, 1.54) is 11.3 Å². The van der Waals surface area contributed by atoms with E-state index >= 15 is 0 Å². The second kappa shape index (κ2) is 4.45. The van der Waals surface area contributed by atoms with Gasteiger partial charge in [-0.25, -0.2) is 0 Å². The van der Waals surface area contributed by atoms with Gasteiger partial charge in [0.25, 0.3) is 11.3 Å². The summed E-state index contributed by atoms with van der Waals surface area (Å²) in [5, 5.41) is 27.0. The van der Waals surface area contributed by atoms with E-state index in [1.807, 2.05) is 41.8 Å². The van der Waals surface area contributed by atoms with E-state index in [0.717, 1.165) is 15.0 Å².